The van der Waals surface area contributed by atoms with Crippen molar-refractivity contribution < 1.29 is 14.8 Å². The van der Waals surface area contributed by atoms with Gasteiger partial charge in [0.25, 0.3) is 11.8 Å². The van der Waals surface area contributed by atoms with Crippen LogP contribution in [0, 0.1) is 0 Å². The van der Waals surface area contributed by atoms with Crippen molar-refractivity contribution in [2.75, 3.05) is 19.6 Å². The Bertz CT molecular complexity index is 762. The quantitative estimate of drug-likeness (QED) is 0.653. The Balaban J connectivity index is 1.59. The van der Waals surface area contributed by atoms with Crippen molar-refractivity contribution in [3.8, 4) is 0 Å². The van der Waals surface area contributed by atoms with Crippen LogP contribution in [0.25, 0.3) is 0 Å². The number of carbonyl (C=O) groups is 2. The number of amides is 2. The molecule has 6 nitrogen and oxygen atoms in total. The minimum absolute atomic E-state index is 0.0801. The first-order chi connectivity index (χ1) is 12.6. The minimum atomic E-state index is -0.516. The Labute approximate surface area is 153 Å². The minimum Gasteiger partial charge on any atom is -0.336 e. The summed E-state index contributed by atoms with van der Waals surface area (Å²) in [5.41, 5.74) is 3.87. The van der Waals surface area contributed by atoms with Gasteiger partial charge in [-0.25, -0.2) is 5.48 Å². The fraction of sp³-hybridized carbons (Fsp3) is 0.300. The molecule has 1 saturated heterocycles. The van der Waals surface area contributed by atoms with Crippen LogP contribution >= 0.6 is 0 Å². The van der Waals surface area contributed by atoms with E-state index in [1.165, 1.54) is 0 Å². The van der Waals surface area contributed by atoms with Gasteiger partial charge in [0.05, 0.1) is 0 Å². The molecule has 6 heteroatoms. The number of hydroxylamine groups is 1. The van der Waals surface area contributed by atoms with Gasteiger partial charge in [-0.3, -0.25) is 19.7 Å². The van der Waals surface area contributed by atoms with E-state index in [-0.39, 0.29) is 11.9 Å². The van der Waals surface area contributed by atoms with Crippen molar-refractivity contribution in [2.24, 2.45) is 0 Å². The van der Waals surface area contributed by atoms with Crippen LogP contribution in [0.3, 0.4) is 0 Å². The zero-order valence-corrected chi connectivity index (χ0v) is 14.8. The van der Waals surface area contributed by atoms with Crippen molar-refractivity contribution >= 4 is 11.8 Å². The zero-order valence-electron chi connectivity index (χ0n) is 14.8. The lowest BCUT2D eigenvalue weighted by molar-refractivity contribution is 0.0495. The average Bonchev–Trinajstić information content (AvgIpc) is 2.69. The Morgan fingerprint density at radius 3 is 2.35 bits per heavy atom. The molecule has 0 radical (unpaired) electrons. The van der Waals surface area contributed by atoms with Gasteiger partial charge < -0.3 is 4.90 Å². The highest BCUT2D eigenvalue weighted by Crippen LogP contribution is 2.16. The predicted octanol–water partition coefficient (Wildman–Crippen LogP) is 2.15. The summed E-state index contributed by atoms with van der Waals surface area (Å²) in [5.74, 6) is -0.436. The molecule has 1 heterocycles. The van der Waals surface area contributed by atoms with Crippen LogP contribution in [0.15, 0.2) is 54.6 Å². The number of hydrogen-bond acceptors (Lipinski definition) is 4. The SMILES string of the molecule is C[C@H]1CN(C(=O)c2ccccc2)CCN1Cc1ccc(C(=O)NO)cc1. The molecule has 2 aromatic carbocycles. The van der Waals surface area contributed by atoms with E-state index in [1.807, 2.05) is 47.4 Å². The Morgan fingerprint density at radius 1 is 1.04 bits per heavy atom. The summed E-state index contributed by atoms with van der Waals surface area (Å²) in [6.45, 7) is 5.08. The summed E-state index contributed by atoms with van der Waals surface area (Å²) >= 11 is 0. The lowest BCUT2D eigenvalue weighted by atomic mass is 10.1. The highest BCUT2D eigenvalue weighted by Gasteiger charge is 2.27. The monoisotopic (exact) mass is 353 g/mol. The van der Waals surface area contributed by atoms with Gasteiger partial charge in [-0.2, -0.15) is 0 Å². The molecule has 26 heavy (non-hydrogen) atoms. The number of rotatable bonds is 4. The molecule has 0 spiro atoms. The Hall–Kier alpha value is -2.70. The summed E-state index contributed by atoms with van der Waals surface area (Å²) in [6.07, 6.45) is 0. The maximum absolute atomic E-state index is 12.6. The molecule has 0 bridgehead atoms. The standard InChI is InChI=1S/C20H23N3O3/c1-15-13-23(20(25)18-5-3-2-4-6-18)12-11-22(15)14-16-7-9-17(10-8-16)19(24)21-26/h2-10,15,26H,11-14H2,1H3,(H,21,24)/t15-/m0/s1. The van der Waals surface area contributed by atoms with Crippen LogP contribution < -0.4 is 5.48 Å². The molecule has 1 atom stereocenters. The number of nitrogens with one attached hydrogen (secondary N) is 1. The van der Waals surface area contributed by atoms with Crippen LogP contribution in [-0.2, 0) is 6.54 Å². The second-order valence-corrected chi connectivity index (χ2v) is 6.57. The number of nitrogens with zero attached hydrogens (tertiary/aromatic N) is 2. The van der Waals surface area contributed by atoms with Crippen LogP contribution in [0.5, 0.6) is 0 Å². The molecule has 0 saturated carbocycles. The molecule has 1 fully saturated rings. The normalized spacial score (nSPS) is 17.8. The van der Waals surface area contributed by atoms with E-state index in [0.717, 1.165) is 24.2 Å². The van der Waals surface area contributed by atoms with Gasteiger partial charge in [0.2, 0.25) is 0 Å². The molecule has 1 aliphatic rings. The molecular formula is C20H23N3O3. The largest absolute Gasteiger partial charge is 0.336 e. The second-order valence-electron chi connectivity index (χ2n) is 6.57. The zero-order chi connectivity index (χ0) is 18.5. The van der Waals surface area contributed by atoms with Gasteiger partial charge in [-0.15, -0.1) is 0 Å². The fourth-order valence-corrected chi connectivity index (χ4v) is 3.24. The van der Waals surface area contributed by atoms with Crippen LogP contribution in [0.2, 0.25) is 0 Å². The smallest absolute Gasteiger partial charge is 0.274 e. The van der Waals surface area contributed by atoms with E-state index in [1.54, 1.807) is 17.6 Å². The number of carbonyl (C=O) groups excluding carboxylic acids is 2. The van der Waals surface area contributed by atoms with Crippen molar-refractivity contribution in [2.45, 2.75) is 19.5 Å². The van der Waals surface area contributed by atoms with Crippen molar-refractivity contribution in [3.63, 3.8) is 0 Å². The van der Waals surface area contributed by atoms with E-state index >= 15 is 0 Å². The summed E-state index contributed by atoms with van der Waals surface area (Å²) in [4.78, 5) is 28.2. The van der Waals surface area contributed by atoms with E-state index in [9.17, 15) is 9.59 Å². The summed E-state index contributed by atoms with van der Waals surface area (Å²) < 4.78 is 0. The van der Waals surface area contributed by atoms with Crippen molar-refractivity contribution in [3.05, 3.63) is 71.3 Å². The highest BCUT2D eigenvalue weighted by molar-refractivity contribution is 5.94. The molecule has 136 valence electrons. The Kier molecular flexibility index (Phi) is 5.65. The third-order valence-electron chi connectivity index (χ3n) is 4.78. The number of piperazine rings is 1. The van der Waals surface area contributed by atoms with Gasteiger partial charge in [0.15, 0.2) is 0 Å². The maximum atomic E-state index is 12.6. The summed E-state index contributed by atoms with van der Waals surface area (Å²) in [5, 5.41) is 8.67. The number of hydrogen-bond donors (Lipinski definition) is 2. The van der Waals surface area contributed by atoms with Crippen LogP contribution in [0.1, 0.15) is 33.2 Å². The van der Waals surface area contributed by atoms with Gasteiger partial charge in [0, 0.05) is 43.3 Å². The summed E-state index contributed by atoms with van der Waals surface area (Å²) in [6, 6.07) is 16.8. The molecular weight excluding hydrogens is 330 g/mol. The van der Waals surface area contributed by atoms with Gasteiger partial charge in [-0.1, -0.05) is 30.3 Å². The van der Waals surface area contributed by atoms with Crippen molar-refractivity contribution in [1.29, 1.82) is 0 Å². The molecule has 0 unspecified atom stereocenters. The van der Waals surface area contributed by atoms with Gasteiger partial charge >= 0.3 is 0 Å². The molecule has 2 amide bonds. The third-order valence-corrected chi connectivity index (χ3v) is 4.78. The third kappa shape index (κ3) is 4.09. The molecule has 2 N–H and O–H groups in total. The molecule has 2 aromatic rings. The summed E-state index contributed by atoms with van der Waals surface area (Å²) in [7, 11) is 0. The highest BCUT2D eigenvalue weighted by atomic mass is 16.5. The molecule has 3 rings (SSSR count). The van der Waals surface area contributed by atoms with Crippen LogP contribution in [0.4, 0.5) is 0 Å². The number of benzene rings is 2. The van der Waals surface area contributed by atoms with E-state index in [2.05, 4.69) is 11.8 Å². The van der Waals surface area contributed by atoms with Gasteiger partial charge in [0.1, 0.15) is 0 Å². The van der Waals surface area contributed by atoms with Crippen LogP contribution in [-0.4, -0.2) is 52.5 Å². The first kappa shape index (κ1) is 18.1. The van der Waals surface area contributed by atoms with E-state index in [4.69, 9.17) is 5.21 Å². The fourth-order valence-electron chi connectivity index (χ4n) is 3.24. The lowest BCUT2D eigenvalue weighted by Crippen LogP contribution is -2.53. The predicted molar refractivity (Wildman–Crippen MR) is 97.9 cm³/mol. The maximum Gasteiger partial charge on any atom is 0.274 e. The van der Waals surface area contributed by atoms with E-state index in [0.29, 0.717) is 18.7 Å². The Morgan fingerprint density at radius 2 is 1.73 bits per heavy atom. The molecule has 1 aliphatic heterocycles. The topological polar surface area (TPSA) is 72.9 Å². The average molecular weight is 353 g/mol. The van der Waals surface area contributed by atoms with E-state index < -0.39 is 5.91 Å². The first-order valence-corrected chi connectivity index (χ1v) is 8.70. The van der Waals surface area contributed by atoms with Crippen molar-refractivity contribution in [1.82, 2.24) is 15.3 Å². The first-order valence-electron chi connectivity index (χ1n) is 8.70. The molecule has 0 aromatic heterocycles. The second kappa shape index (κ2) is 8.12. The molecule has 0 aliphatic carbocycles. The lowest BCUT2D eigenvalue weighted by Gasteiger charge is -2.40. The van der Waals surface area contributed by atoms with Gasteiger partial charge in [-0.05, 0) is 36.8 Å².